The van der Waals surface area contributed by atoms with Gasteiger partial charge >= 0.3 is 12.0 Å². The monoisotopic (exact) mass is 334 g/mol. The molecule has 5 nitrogen and oxygen atoms in total. The number of halogens is 2. The van der Waals surface area contributed by atoms with E-state index in [0.717, 1.165) is 0 Å². The van der Waals surface area contributed by atoms with Crippen LogP contribution in [0.1, 0.15) is 6.92 Å². The van der Waals surface area contributed by atoms with Gasteiger partial charge in [0.15, 0.2) is 4.87 Å². The fraction of sp³-hybridized carbons (Fsp3) is 0.333. The topological polar surface area (TPSA) is 69.6 Å². The summed E-state index contributed by atoms with van der Waals surface area (Å²) in [5, 5.41) is 12.7. The quantitative estimate of drug-likeness (QED) is 0.869. The summed E-state index contributed by atoms with van der Waals surface area (Å²) in [5.41, 5.74) is 0.428. The molecule has 2 amide bonds. The van der Waals surface area contributed by atoms with Crippen LogP contribution < -0.4 is 5.32 Å². The molecule has 0 saturated carbocycles. The van der Waals surface area contributed by atoms with Crippen molar-refractivity contribution in [3.8, 4) is 0 Å². The van der Waals surface area contributed by atoms with Crippen molar-refractivity contribution in [2.75, 3.05) is 17.6 Å². The molecule has 0 aliphatic carbocycles. The predicted molar refractivity (Wildman–Crippen MR) is 80.7 cm³/mol. The number of anilines is 1. The molecule has 1 aromatic rings. The third-order valence-corrected chi connectivity index (χ3v) is 4.75. The molecular formula is C12H12Cl2N2O3S. The van der Waals surface area contributed by atoms with E-state index < -0.39 is 16.9 Å². The van der Waals surface area contributed by atoms with Crippen LogP contribution in [0.2, 0.25) is 10.0 Å². The summed E-state index contributed by atoms with van der Waals surface area (Å²) in [6.45, 7) is 1.88. The Bertz CT molecular complexity index is 549. The summed E-state index contributed by atoms with van der Waals surface area (Å²) < 4.78 is 0. The number of carboxylic acids is 1. The SMILES string of the molecule is CC1(C(=O)O)SCCN1C(=O)Nc1cc(Cl)cc(Cl)c1. The molecule has 108 valence electrons. The van der Waals surface area contributed by atoms with E-state index >= 15 is 0 Å². The van der Waals surface area contributed by atoms with Crippen LogP contribution in [0, 0.1) is 0 Å². The summed E-state index contributed by atoms with van der Waals surface area (Å²) in [4.78, 5) is 23.6. The molecule has 1 aromatic carbocycles. The van der Waals surface area contributed by atoms with Crippen molar-refractivity contribution in [2.45, 2.75) is 11.8 Å². The first kappa shape index (κ1) is 15.3. The fourth-order valence-electron chi connectivity index (χ4n) is 1.92. The van der Waals surface area contributed by atoms with Gasteiger partial charge in [0.05, 0.1) is 0 Å². The van der Waals surface area contributed by atoms with Crippen LogP contribution in [-0.2, 0) is 4.79 Å². The van der Waals surface area contributed by atoms with Gasteiger partial charge in [-0.3, -0.25) is 4.90 Å². The highest BCUT2D eigenvalue weighted by atomic mass is 35.5. The van der Waals surface area contributed by atoms with Gasteiger partial charge < -0.3 is 10.4 Å². The van der Waals surface area contributed by atoms with Crippen molar-refractivity contribution in [1.29, 1.82) is 0 Å². The molecule has 1 aliphatic heterocycles. The largest absolute Gasteiger partial charge is 0.479 e. The number of nitrogens with zero attached hydrogens (tertiary/aromatic N) is 1. The molecule has 1 saturated heterocycles. The second-order valence-electron chi connectivity index (χ2n) is 4.38. The van der Waals surface area contributed by atoms with Gasteiger partial charge in [-0.2, -0.15) is 0 Å². The van der Waals surface area contributed by atoms with Crippen LogP contribution in [-0.4, -0.2) is 39.2 Å². The lowest BCUT2D eigenvalue weighted by Gasteiger charge is -2.30. The van der Waals surface area contributed by atoms with Crippen LogP contribution in [0.5, 0.6) is 0 Å². The number of rotatable bonds is 2. The molecule has 1 aliphatic rings. The highest BCUT2D eigenvalue weighted by Gasteiger charge is 2.47. The number of carbonyl (C=O) groups excluding carboxylic acids is 1. The zero-order valence-corrected chi connectivity index (χ0v) is 12.8. The molecule has 0 aromatic heterocycles. The molecule has 2 rings (SSSR count). The minimum absolute atomic E-state index is 0.369. The number of carbonyl (C=O) groups is 2. The molecule has 1 fully saturated rings. The van der Waals surface area contributed by atoms with Gasteiger partial charge in [0.1, 0.15) is 0 Å². The number of carboxylic acid groups (broad SMARTS) is 1. The summed E-state index contributed by atoms with van der Waals surface area (Å²) in [6, 6.07) is 4.16. The van der Waals surface area contributed by atoms with E-state index in [1.165, 1.54) is 23.6 Å². The zero-order valence-electron chi connectivity index (χ0n) is 10.5. The third-order valence-electron chi connectivity index (χ3n) is 2.97. The van der Waals surface area contributed by atoms with Crippen LogP contribution >= 0.6 is 35.0 Å². The molecule has 1 unspecified atom stereocenters. The maximum Gasteiger partial charge on any atom is 0.340 e. The molecule has 20 heavy (non-hydrogen) atoms. The molecule has 8 heteroatoms. The van der Waals surface area contributed by atoms with E-state index in [-0.39, 0.29) is 0 Å². The number of hydrogen-bond donors (Lipinski definition) is 2. The first-order valence-electron chi connectivity index (χ1n) is 5.75. The average Bonchev–Trinajstić information content (AvgIpc) is 2.71. The number of nitrogens with one attached hydrogen (secondary N) is 1. The molecule has 1 atom stereocenters. The Morgan fingerprint density at radius 3 is 2.50 bits per heavy atom. The number of amides is 2. The highest BCUT2D eigenvalue weighted by molar-refractivity contribution is 8.01. The molecule has 0 bridgehead atoms. The van der Waals surface area contributed by atoms with Gasteiger partial charge in [-0.05, 0) is 25.1 Å². The van der Waals surface area contributed by atoms with Gasteiger partial charge in [-0.25, -0.2) is 9.59 Å². The minimum Gasteiger partial charge on any atom is -0.479 e. The van der Waals surface area contributed by atoms with Gasteiger partial charge in [-0.1, -0.05) is 23.2 Å². The Morgan fingerprint density at radius 2 is 1.95 bits per heavy atom. The normalized spacial score (nSPS) is 21.9. The maximum absolute atomic E-state index is 12.2. The lowest BCUT2D eigenvalue weighted by atomic mass is 10.3. The standard InChI is InChI=1S/C12H12Cl2N2O3S/c1-12(10(17)18)16(2-3-20-12)11(19)15-9-5-7(13)4-8(14)6-9/h4-6H,2-3H2,1H3,(H,15,19)(H,17,18). The molecule has 0 spiro atoms. The highest BCUT2D eigenvalue weighted by Crippen LogP contribution is 2.36. The van der Waals surface area contributed by atoms with Crippen LogP contribution in [0.3, 0.4) is 0 Å². The Labute approximate surface area is 130 Å². The smallest absolute Gasteiger partial charge is 0.340 e. The second-order valence-corrected chi connectivity index (χ2v) is 6.74. The lowest BCUT2D eigenvalue weighted by molar-refractivity contribution is -0.142. The number of benzene rings is 1. The number of thioether (sulfide) groups is 1. The van der Waals surface area contributed by atoms with Crippen molar-refractivity contribution < 1.29 is 14.7 Å². The van der Waals surface area contributed by atoms with Gasteiger partial charge in [0.25, 0.3) is 0 Å². The molecule has 1 heterocycles. The Morgan fingerprint density at radius 1 is 1.35 bits per heavy atom. The first-order chi connectivity index (χ1) is 9.33. The maximum atomic E-state index is 12.2. The summed E-state index contributed by atoms with van der Waals surface area (Å²) in [6.07, 6.45) is 0. The zero-order chi connectivity index (χ0) is 14.9. The van der Waals surface area contributed by atoms with E-state index in [1.807, 2.05) is 0 Å². The van der Waals surface area contributed by atoms with Crippen molar-refractivity contribution >= 4 is 52.7 Å². The van der Waals surface area contributed by atoms with Crippen molar-refractivity contribution in [3.63, 3.8) is 0 Å². The van der Waals surface area contributed by atoms with E-state index in [1.54, 1.807) is 18.2 Å². The van der Waals surface area contributed by atoms with Gasteiger partial charge in [0.2, 0.25) is 0 Å². The average molecular weight is 335 g/mol. The number of urea groups is 1. The third kappa shape index (κ3) is 2.97. The van der Waals surface area contributed by atoms with E-state index in [2.05, 4.69) is 5.32 Å². The summed E-state index contributed by atoms with van der Waals surface area (Å²) in [5.74, 6) is -0.466. The predicted octanol–water partition coefficient (Wildman–Crippen LogP) is 3.37. The molecule has 0 radical (unpaired) electrons. The number of aliphatic carboxylic acids is 1. The van der Waals surface area contributed by atoms with E-state index in [9.17, 15) is 14.7 Å². The van der Waals surface area contributed by atoms with Crippen molar-refractivity contribution in [3.05, 3.63) is 28.2 Å². The Balaban J connectivity index is 2.17. The summed E-state index contributed by atoms with van der Waals surface area (Å²) in [7, 11) is 0. The van der Waals surface area contributed by atoms with Crippen molar-refractivity contribution in [1.82, 2.24) is 4.90 Å². The van der Waals surface area contributed by atoms with Crippen molar-refractivity contribution in [2.24, 2.45) is 0 Å². The fourth-order valence-corrected chi connectivity index (χ4v) is 3.57. The Hall–Kier alpha value is -1.11. The van der Waals surface area contributed by atoms with Gasteiger partial charge in [-0.15, -0.1) is 11.8 Å². The lowest BCUT2D eigenvalue weighted by Crippen LogP contribution is -2.50. The Kier molecular flexibility index (Phi) is 4.36. The molecular weight excluding hydrogens is 323 g/mol. The first-order valence-corrected chi connectivity index (χ1v) is 7.49. The van der Waals surface area contributed by atoms with Crippen LogP contribution in [0.4, 0.5) is 10.5 Å². The molecule has 2 N–H and O–H groups in total. The minimum atomic E-state index is -1.26. The number of hydrogen-bond acceptors (Lipinski definition) is 3. The van der Waals surface area contributed by atoms with Gasteiger partial charge in [0, 0.05) is 28.0 Å². The van der Waals surface area contributed by atoms with Crippen LogP contribution in [0.15, 0.2) is 18.2 Å². The van der Waals surface area contributed by atoms with E-state index in [4.69, 9.17) is 23.2 Å². The second kappa shape index (κ2) is 5.71. The summed E-state index contributed by atoms with van der Waals surface area (Å²) >= 11 is 12.9. The van der Waals surface area contributed by atoms with Crippen LogP contribution in [0.25, 0.3) is 0 Å². The van der Waals surface area contributed by atoms with E-state index in [0.29, 0.717) is 28.0 Å².